The molecular formula is C11H18N2O4S. The number of carbonyl (C=O) groups excluding carboxylic acids is 2. The Morgan fingerprint density at radius 2 is 2.11 bits per heavy atom. The number of amides is 2. The van der Waals surface area contributed by atoms with Crippen molar-refractivity contribution in [3.63, 3.8) is 0 Å². The first-order chi connectivity index (χ1) is 8.30. The number of hydrogen-bond acceptors (Lipinski definition) is 4. The first kappa shape index (κ1) is 13.3. The molecule has 2 fully saturated rings. The summed E-state index contributed by atoms with van der Waals surface area (Å²) in [7, 11) is -3.38. The molecule has 2 aliphatic rings. The van der Waals surface area contributed by atoms with E-state index in [-0.39, 0.29) is 18.4 Å². The van der Waals surface area contributed by atoms with Crippen molar-refractivity contribution in [1.29, 1.82) is 0 Å². The monoisotopic (exact) mass is 274 g/mol. The van der Waals surface area contributed by atoms with Crippen molar-refractivity contribution in [2.24, 2.45) is 0 Å². The van der Waals surface area contributed by atoms with Gasteiger partial charge in [-0.15, -0.1) is 0 Å². The predicted molar refractivity (Wildman–Crippen MR) is 65.6 cm³/mol. The van der Waals surface area contributed by atoms with E-state index in [0.717, 1.165) is 6.26 Å². The molecule has 0 aromatic carbocycles. The van der Waals surface area contributed by atoms with E-state index in [2.05, 4.69) is 5.32 Å². The van der Waals surface area contributed by atoms with Gasteiger partial charge in [-0.05, 0) is 19.8 Å². The molecule has 18 heavy (non-hydrogen) atoms. The zero-order valence-electron chi connectivity index (χ0n) is 10.6. The molecule has 0 radical (unpaired) electrons. The van der Waals surface area contributed by atoms with Gasteiger partial charge < -0.3 is 10.2 Å². The van der Waals surface area contributed by atoms with Gasteiger partial charge in [0.2, 0.25) is 11.8 Å². The molecule has 1 heterocycles. The summed E-state index contributed by atoms with van der Waals surface area (Å²) in [5.41, 5.74) is 0. The van der Waals surface area contributed by atoms with Crippen LogP contribution < -0.4 is 5.32 Å². The van der Waals surface area contributed by atoms with Crippen LogP contribution in [-0.2, 0) is 19.4 Å². The molecular weight excluding hydrogens is 256 g/mol. The van der Waals surface area contributed by atoms with Crippen molar-refractivity contribution < 1.29 is 18.0 Å². The lowest BCUT2D eigenvalue weighted by atomic mass is 10.2. The molecule has 7 heteroatoms. The number of likely N-dealkylation sites (N-methyl/N-ethyl adjacent to an activating group) is 1. The van der Waals surface area contributed by atoms with E-state index in [0.29, 0.717) is 25.9 Å². The third-order valence-electron chi connectivity index (χ3n) is 3.76. The normalized spacial score (nSPS) is 26.2. The lowest BCUT2D eigenvalue weighted by molar-refractivity contribution is -0.127. The fraction of sp³-hybridized carbons (Fsp3) is 0.818. The van der Waals surface area contributed by atoms with E-state index < -0.39 is 20.5 Å². The second kappa shape index (κ2) is 4.22. The summed E-state index contributed by atoms with van der Waals surface area (Å²) in [5, 5.41) is 2.70. The maximum atomic E-state index is 12.0. The third kappa shape index (κ3) is 2.11. The van der Waals surface area contributed by atoms with Crippen LogP contribution in [0.3, 0.4) is 0 Å². The van der Waals surface area contributed by atoms with Crippen molar-refractivity contribution in [1.82, 2.24) is 10.2 Å². The van der Waals surface area contributed by atoms with E-state index in [4.69, 9.17) is 0 Å². The van der Waals surface area contributed by atoms with Crippen LogP contribution in [0.25, 0.3) is 0 Å². The minimum Gasteiger partial charge on any atom is -0.350 e. The molecule has 1 saturated heterocycles. The van der Waals surface area contributed by atoms with Gasteiger partial charge in [-0.2, -0.15) is 0 Å². The summed E-state index contributed by atoms with van der Waals surface area (Å²) in [5.74, 6) is -0.437. The second-order valence-corrected chi connectivity index (χ2v) is 7.40. The van der Waals surface area contributed by atoms with E-state index in [1.165, 1.54) is 0 Å². The number of hydrogen-bond donors (Lipinski definition) is 1. The van der Waals surface area contributed by atoms with Gasteiger partial charge in [-0.3, -0.25) is 9.59 Å². The number of nitrogens with one attached hydrogen (secondary N) is 1. The Kier molecular flexibility index (Phi) is 3.12. The summed E-state index contributed by atoms with van der Waals surface area (Å²) >= 11 is 0. The Balaban J connectivity index is 2.00. The van der Waals surface area contributed by atoms with Crippen LogP contribution in [0, 0.1) is 0 Å². The van der Waals surface area contributed by atoms with Crippen molar-refractivity contribution in [2.45, 2.75) is 37.0 Å². The molecule has 0 aromatic rings. The molecule has 2 amide bonds. The number of sulfone groups is 1. The molecule has 0 bridgehead atoms. The Labute approximate surface area is 107 Å². The largest absolute Gasteiger partial charge is 0.350 e. The Morgan fingerprint density at radius 3 is 2.50 bits per heavy atom. The number of carbonyl (C=O) groups is 2. The maximum Gasteiger partial charge on any atom is 0.241 e. The van der Waals surface area contributed by atoms with Gasteiger partial charge in [-0.1, -0.05) is 0 Å². The number of rotatable bonds is 4. The quantitative estimate of drug-likeness (QED) is 0.735. The smallest absolute Gasteiger partial charge is 0.241 e. The fourth-order valence-corrected chi connectivity index (χ4v) is 3.61. The van der Waals surface area contributed by atoms with Gasteiger partial charge in [0.25, 0.3) is 0 Å². The summed E-state index contributed by atoms with van der Waals surface area (Å²) in [6, 6.07) is -0.260. The summed E-state index contributed by atoms with van der Waals surface area (Å²) in [6.45, 7) is 2.96. The van der Waals surface area contributed by atoms with Crippen LogP contribution in [0.4, 0.5) is 0 Å². The Hall–Kier alpha value is -1.11. The molecule has 0 spiro atoms. The summed E-state index contributed by atoms with van der Waals surface area (Å²) in [4.78, 5) is 25.2. The molecule has 1 N–H and O–H groups in total. The van der Waals surface area contributed by atoms with Crippen LogP contribution in [0.1, 0.15) is 26.2 Å². The third-order valence-corrected chi connectivity index (χ3v) is 5.77. The van der Waals surface area contributed by atoms with Gasteiger partial charge in [0, 0.05) is 25.8 Å². The lowest BCUT2D eigenvalue weighted by Crippen LogP contribution is -2.47. The van der Waals surface area contributed by atoms with E-state index >= 15 is 0 Å². The highest BCUT2D eigenvalue weighted by Gasteiger charge is 2.59. The molecule has 1 aliphatic carbocycles. The summed E-state index contributed by atoms with van der Waals surface area (Å²) < 4.78 is 21.9. The molecule has 6 nitrogen and oxygen atoms in total. The van der Waals surface area contributed by atoms with Crippen LogP contribution in [0.2, 0.25) is 0 Å². The predicted octanol–water partition coefficient (Wildman–Crippen LogP) is -0.699. The van der Waals surface area contributed by atoms with Crippen molar-refractivity contribution in [2.75, 3.05) is 19.3 Å². The average molecular weight is 274 g/mol. The lowest BCUT2D eigenvalue weighted by Gasteiger charge is -2.18. The van der Waals surface area contributed by atoms with Crippen molar-refractivity contribution >= 4 is 21.7 Å². The van der Waals surface area contributed by atoms with Crippen molar-refractivity contribution in [3.8, 4) is 0 Å². The first-order valence-corrected chi connectivity index (χ1v) is 7.97. The molecule has 0 aromatic heterocycles. The van der Waals surface area contributed by atoms with E-state index in [1.54, 1.807) is 4.90 Å². The van der Waals surface area contributed by atoms with Gasteiger partial charge in [0.1, 0.15) is 0 Å². The molecule has 102 valence electrons. The van der Waals surface area contributed by atoms with Crippen LogP contribution in [0.5, 0.6) is 0 Å². The van der Waals surface area contributed by atoms with Crippen LogP contribution >= 0.6 is 0 Å². The number of likely N-dealkylation sites (tertiary alicyclic amines) is 1. The van der Waals surface area contributed by atoms with Crippen LogP contribution in [0.15, 0.2) is 0 Å². The topological polar surface area (TPSA) is 83.6 Å². The molecule has 1 unspecified atom stereocenters. The van der Waals surface area contributed by atoms with Crippen molar-refractivity contribution in [3.05, 3.63) is 0 Å². The van der Waals surface area contributed by atoms with Gasteiger partial charge >= 0.3 is 0 Å². The zero-order valence-corrected chi connectivity index (χ0v) is 11.4. The highest BCUT2D eigenvalue weighted by Crippen LogP contribution is 2.43. The van der Waals surface area contributed by atoms with E-state index in [1.807, 2.05) is 6.92 Å². The maximum absolute atomic E-state index is 12.0. The minimum atomic E-state index is -3.38. The molecule has 1 saturated carbocycles. The minimum absolute atomic E-state index is 0.00648. The summed E-state index contributed by atoms with van der Waals surface area (Å²) in [6.07, 6.45) is 2.13. The standard InChI is InChI=1S/C11H18N2O4S/c1-3-13-7-8(6-9(13)14)12-10(15)11(4-5-11)18(2,16)17/h8H,3-7H2,1-2H3,(H,12,15). The SMILES string of the molecule is CCN1CC(NC(=O)C2(S(C)(=O)=O)CC2)CC1=O. The Bertz CT molecular complexity index is 481. The highest BCUT2D eigenvalue weighted by atomic mass is 32.2. The average Bonchev–Trinajstić information content (AvgIpc) is 2.99. The molecule has 1 atom stereocenters. The molecule has 1 aliphatic heterocycles. The number of nitrogens with zero attached hydrogens (tertiary/aromatic N) is 1. The second-order valence-electron chi connectivity index (χ2n) is 5.07. The fourth-order valence-electron chi connectivity index (χ4n) is 2.37. The zero-order chi connectivity index (χ0) is 13.6. The van der Waals surface area contributed by atoms with Gasteiger partial charge in [0.05, 0.1) is 6.04 Å². The van der Waals surface area contributed by atoms with E-state index in [9.17, 15) is 18.0 Å². The molecule has 2 rings (SSSR count). The highest BCUT2D eigenvalue weighted by molar-refractivity contribution is 7.93. The first-order valence-electron chi connectivity index (χ1n) is 6.08. The van der Waals surface area contributed by atoms with Gasteiger partial charge in [0.15, 0.2) is 14.6 Å². The van der Waals surface area contributed by atoms with Gasteiger partial charge in [-0.25, -0.2) is 8.42 Å². The van der Waals surface area contributed by atoms with Crippen LogP contribution in [-0.4, -0.2) is 55.3 Å². The Morgan fingerprint density at radius 1 is 1.50 bits per heavy atom.